The zero-order valence-electron chi connectivity index (χ0n) is 9.30. The highest BCUT2D eigenvalue weighted by atomic mass is 16.4. The highest BCUT2D eigenvalue weighted by molar-refractivity contribution is 5.69. The summed E-state index contributed by atoms with van der Waals surface area (Å²) < 4.78 is 0. The predicted octanol–water partition coefficient (Wildman–Crippen LogP) is 2.52. The van der Waals surface area contributed by atoms with Gasteiger partial charge in [0.1, 0.15) is 0 Å². The molecule has 1 fully saturated rings. The Morgan fingerprint density at radius 3 is 2.62 bits per heavy atom. The maximum absolute atomic E-state index is 10.8. The van der Waals surface area contributed by atoms with Gasteiger partial charge in [0.15, 0.2) is 0 Å². The van der Waals surface area contributed by atoms with Crippen molar-refractivity contribution in [3.05, 3.63) is 30.1 Å². The van der Waals surface area contributed by atoms with Crippen molar-refractivity contribution in [1.29, 1.82) is 0 Å². The normalized spacial score (nSPS) is 25.2. The minimum atomic E-state index is -0.628. The summed E-state index contributed by atoms with van der Waals surface area (Å²) >= 11 is 0. The zero-order chi connectivity index (χ0) is 11.4. The average molecular weight is 219 g/mol. The molecule has 2 rings (SSSR count). The van der Waals surface area contributed by atoms with E-state index in [0.29, 0.717) is 5.92 Å². The fourth-order valence-electron chi connectivity index (χ4n) is 2.43. The molecule has 0 spiro atoms. The molecule has 0 atom stereocenters. The predicted molar refractivity (Wildman–Crippen MR) is 61.0 cm³/mol. The highest BCUT2D eigenvalue weighted by Gasteiger charge is 2.25. The van der Waals surface area contributed by atoms with Gasteiger partial charge in [0, 0.05) is 11.9 Å². The van der Waals surface area contributed by atoms with E-state index in [0.717, 1.165) is 37.8 Å². The fourth-order valence-corrected chi connectivity index (χ4v) is 2.43. The van der Waals surface area contributed by atoms with E-state index in [1.54, 1.807) is 0 Å². The Kier molecular flexibility index (Phi) is 3.54. The lowest BCUT2D eigenvalue weighted by Gasteiger charge is -2.25. The van der Waals surface area contributed by atoms with Crippen LogP contribution >= 0.6 is 0 Å². The summed E-state index contributed by atoms with van der Waals surface area (Å²) in [6.07, 6.45) is 6.51. The van der Waals surface area contributed by atoms with Crippen LogP contribution < -0.4 is 0 Å². The lowest BCUT2D eigenvalue weighted by molar-refractivity contribution is -0.143. The monoisotopic (exact) mass is 219 g/mol. The molecule has 1 N–H and O–H groups in total. The second kappa shape index (κ2) is 5.10. The number of aliphatic carboxylic acids is 1. The molecule has 16 heavy (non-hydrogen) atoms. The van der Waals surface area contributed by atoms with Gasteiger partial charge in [-0.25, -0.2) is 0 Å². The van der Waals surface area contributed by atoms with Crippen molar-refractivity contribution >= 4 is 5.97 Å². The van der Waals surface area contributed by atoms with E-state index in [4.69, 9.17) is 5.11 Å². The number of rotatable bonds is 3. The van der Waals surface area contributed by atoms with Crippen molar-refractivity contribution in [3.63, 3.8) is 0 Å². The maximum atomic E-state index is 10.8. The third-order valence-corrected chi connectivity index (χ3v) is 3.42. The minimum Gasteiger partial charge on any atom is -0.481 e. The summed E-state index contributed by atoms with van der Waals surface area (Å²) in [6.45, 7) is 0. The van der Waals surface area contributed by atoms with Crippen molar-refractivity contribution in [2.75, 3.05) is 0 Å². The average Bonchev–Trinajstić information content (AvgIpc) is 2.31. The van der Waals surface area contributed by atoms with Gasteiger partial charge < -0.3 is 5.11 Å². The van der Waals surface area contributed by atoms with Crippen LogP contribution in [-0.4, -0.2) is 16.1 Å². The van der Waals surface area contributed by atoms with Gasteiger partial charge >= 0.3 is 5.97 Å². The third-order valence-electron chi connectivity index (χ3n) is 3.42. The summed E-state index contributed by atoms with van der Waals surface area (Å²) in [4.78, 5) is 15.1. The number of nitrogens with zero attached hydrogens (tertiary/aromatic N) is 1. The number of pyridine rings is 1. The van der Waals surface area contributed by atoms with Gasteiger partial charge in [0.2, 0.25) is 0 Å². The molecule has 0 radical (unpaired) electrons. The first kappa shape index (κ1) is 11.1. The van der Waals surface area contributed by atoms with Crippen LogP contribution in [-0.2, 0) is 11.2 Å². The van der Waals surface area contributed by atoms with Crippen LogP contribution in [0, 0.1) is 11.8 Å². The molecule has 3 nitrogen and oxygen atoms in total. The molecule has 86 valence electrons. The first-order valence-corrected chi connectivity index (χ1v) is 5.88. The molecule has 1 heterocycles. The molecule has 0 bridgehead atoms. The smallest absolute Gasteiger partial charge is 0.306 e. The van der Waals surface area contributed by atoms with Crippen LogP contribution in [0.1, 0.15) is 31.4 Å². The summed E-state index contributed by atoms with van der Waals surface area (Å²) in [6, 6.07) is 5.97. The highest BCUT2D eigenvalue weighted by Crippen LogP contribution is 2.30. The van der Waals surface area contributed by atoms with Crippen molar-refractivity contribution in [2.24, 2.45) is 11.8 Å². The number of carbonyl (C=O) groups is 1. The Morgan fingerprint density at radius 1 is 1.31 bits per heavy atom. The lowest BCUT2D eigenvalue weighted by Crippen LogP contribution is -2.22. The SMILES string of the molecule is O=C(O)C1CCC(Cc2ccccn2)CC1. The Bertz CT molecular complexity index is 342. The number of carboxylic acids is 1. The van der Waals surface area contributed by atoms with E-state index in [2.05, 4.69) is 4.98 Å². The molecular formula is C13H17NO2. The van der Waals surface area contributed by atoms with E-state index < -0.39 is 5.97 Å². The Hall–Kier alpha value is -1.38. The van der Waals surface area contributed by atoms with Crippen LogP contribution in [0.15, 0.2) is 24.4 Å². The van der Waals surface area contributed by atoms with Gasteiger partial charge in [-0.2, -0.15) is 0 Å². The first-order valence-electron chi connectivity index (χ1n) is 5.88. The van der Waals surface area contributed by atoms with E-state index in [-0.39, 0.29) is 5.92 Å². The second-order valence-corrected chi connectivity index (χ2v) is 4.58. The summed E-state index contributed by atoms with van der Waals surface area (Å²) in [5.74, 6) is -0.123. The van der Waals surface area contributed by atoms with Gasteiger partial charge in [-0.1, -0.05) is 6.07 Å². The molecule has 0 aromatic carbocycles. The quantitative estimate of drug-likeness (QED) is 0.849. The Balaban J connectivity index is 1.84. The van der Waals surface area contributed by atoms with Crippen LogP contribution in [0.2, 0.25) is 0 Å². The molecule has 0 saturated heterocycles. The summed E-state index contributed by atoms with van der Waals surface area (Å²) in [5.41, 5.74) is 1.13. The molecule has 3 heteroatoms. The Labute approximate surface area is 95.5 Å². The molecule has 1 aromatic heterocycles. The topological polar surface area (TPSA) is 50.2 Å². The van der Waals surface area contributed by atoms with Crippen molar-refractivity contribution in [2.45, 2.75) is 32.1 Å². The molecular weight excluding hydrogens is 202 g/mol. The molecule has 1 saturated carbocycles. The number of carboxylic acid groups (broad SMARTS) is 1. The van der Waals surface area contributed by atoms with Crippen molar-refractivity contribution in [3.8, 4) is 0 Å². The second-order valence-electron chi connectivity index (χ2n) is 4.58. The van der Waals surface area contributed by atoms with Crippen LogP contribution in [0.3, 0.4) is 0 Å². The van der Waals surface area contributed by atoms with Crippen molar-refractivity contribution < 1.29 is 9.90 Å². The third kappa shape index (κ3) is 2.81. The molecule has 0 unspecified atom stereocenters. The lowest BCUT2D eigenvalue weighted by atomic mass is 9.80. The van der Waals surface area contributed by atoms with Crippen molar-refractivity contribution in [1.82, 2.24) is 4.98 Å². The zero-order valence-corrected chi connectivity index (χ0v) is 9.30. The first-order chi connectivity index (χ1) is 7.75. The van der Waals surface area contributed by atoms with Gasteiger partial charge in [-0.15, -0.1) is 0 Å². The molecule has 0 amide bonds. The van der Waals surface area contributed by atoms with E-state index in [1.165, 1.54) is 0 Å². The van der Waals surface area contributed by atoms with E-state index in [1.807, 2.05) is 24.4 Å². The maximum Gasteiger partial charge on any atom is 0.306 e. The van der Waals surface area contributed by atoms with Crippen LogP contribution in [0.4, 0.5) is 0 Å². The minimum absolute atomic E-state index is 0.111. The largest absolute Gasteiger partial charge is 0.481 e. The fraction of sp³-hybridized carbons (Fsp3) is 0.538. The van der Waals surface area contributed by atoms with E-state index >= 15 is 0 Å². The number of hydrogen-bond acceptors (Lipinski definition) is 2. The van der Waals surface area contributed by atoms with Gasteiger partial charge in [-0.3, -0.25) is 9.78 Å². The van der Waals surface area contributed by atoms with Crippen LogP contribution in [0.25, 0.3) is 0 Å². The van der Waals surface area contributed by atoms with Gasteiger partial charge in [0.25, 0.3) is 0 Å². The van der Waals surface area contributed by atoms with Crippen LogP contribution in [0.5, 0.6) is 0 Å². The Morgan fingerprint density at radius 2 is 2.06 bits per heavy atom. The molecule has 1 aliphatic rings. The van der Waals surface area contributed by atoms with E-state index in [9.17, 15) is 4.79 Å². The van der Waals surface area contributed by atoms with Gasteiger partial charge in [-0.05, 0) is 50.2 Å². The number of aromatic nitrogens is 1. The molecule has 1 aliphatic carbocycles. The number of hydrogen-bond donors (Lipinski definition) is 1. The summed E-state index contributed by atoms with van der Waals surface area (Å²) in [7, 11) is 0. The summed E-state index contributed by atoms with van der Waals surface area (Å²) in [5, 5.41) is 8.90. The standard InChI is InChI=1S/C13H17NO2/c15-13(16)11-6-4-10(5-7-11)9-12-3-1-2-8-14-12/h1-3,8,10-11H,4-7,9H2,(H,15,16). The van der Waals surface area contributed by atoms with Gasteiger partial charge in [0.05, 0.1) is 5.92 Å². The molecule has 1 aromatic rings. The molecule has 0 aliphatic heterocycles.